The molecular formula is C16H16N4O3S2. The molecule has 0 atom stereocenters. The molecule has 0 bridgehead atoms. The van der Waals surface area contributed by atoms with Crippen molar-refractivity contribution in [1.82, 2.24) is 9.29 Å². The van der Waals surface area contributed by atoms with Crippen molar-refractivity contribution < 1.29 is 13.2 Å². The van der Waals surface area contributed by atoms with Crippen LogP contribution in [-0.4, -0.2) is 35.9 Å². The zero-order valence-electron chi connectivity index (χ0n) is 13.5. The van der Waals surface area contributed by atoms with Gasteiger partial charge in [-0.15, -0.1) is 11.3 Å². The van der Waals surface area contributed by atoms with Gasteiger partial charge in [-0.25, -0.2) is 13.4 Å². The van der Waals surface area contributed by atoms with Crippen molar-refractivity contribution in [3.05, 3.63) is 46.0 Å². The topological polar surface area (TPSA) is 103 Å². The van der Waals surface area contributed by atoms with E-state index in [0.717, 1.165) is 10.6 Å². The first-order chi connectivity index (χ1) is 11.9. The standard InChI is InChI=1S/C16H16N4O3S2/c1-2-25(22,23)20-8-7-13-14(10-20)24-16(18-13)19-15(21)12-5-3-11(9-17)4-6-12/h3-6H,2,7-8,10H2,1H3,(H,18,19,21). The highest BCUT2D eigenvalue weighted by atomic mass is 32.2. The van der Waals surface area contributed by atoms with Gasteiger partial charge in [0.15, 0.2) is 5.13 Å². The lowest BCUT2D eigenvalue weighted by molar-refractivity contribution is 0.102. The number of hydrogen-bond donors (Lipinski definition) is 1. The van der Waals surface area contributed by atoms with Crippen LogP contribution in [0.3, 0.4) is 0 Å². The molecular weight excluding hydrogens is 360 g/mol. The van der Waals surface area contributed by atoms with Gasteiger partial charge in [0.05, 0.1) is 23.1 Å². The molecule has 3 rings (SSSR count). The van der Waals surface area contributed by atoms with Gasteiger partial charge in [0.25, 0.3) is 5.91 Å². The molecule has 0 spiro atoms. The number of carbonyl (C=O) groups excluding carboxylic acids is 1. The quantitative estimate of drug-likeness (QED) is 0.879. The van der Waals surface area contributed by atoms with E-state index in [4.69, 9.17) is 5.26 Å². The van der Waals surface area contributed by atoms with Crippen LogP contribution in [0, 0.1) is 11.3 Å². The number of nitriles is 1. The van der Waals surface area contributed by atoms with Crippen molar-refractivity contribution in [2.24, 2.45) is 0 Å². The molecule has 7 nitrogen and oxygen atoms in total. The van der Waals surface area contributed by atoms with Gasteiger partial charge in [0.1, 0.15) is 0 Å². The lowest BCUT2D eigenvalue weighted by Crippen LogP contribution is -2.36. The summed E-state index contributed by atoms with van der Waals surface area (Å²) in [5.41, 5.74) is 1.75. The minimum absolute atomic E-state index is 0.0728. The van der Waals surface area contributed by atoms with Gasteiger partial charge in [0.2, 0.25) is 10.0 Å². The minimum atomic E-state index is -3.23. The van der Waals surface area contributed by atoms with E-state index in [1.165, 1.54) is 15.6 Å². The molecule has 0 unspecified atom stereocenters. The Bertz CT molecular complexity index is 943. The Morgan fingerprint density at radius 1 is 1.40 bits per heavy atom. The Labute approximate surface area is 150 Å². The Morgan fingerprint density at radius 2 is 2.12 bits per heavy atom. The molecule has 1 aromatic heterocycles. The van der Waals surface area contributed by atoms with Crippen molar-refractivity contribution in [2.45, 2.75) is 19.9 Å². The predicted molar refractivity (Wildman–Crippen MR) is 94.8 cm³/mol. The number of fused-ring (bicyclic) bond motifs is 1. The molecule has 25 heavy (non-hydrogen) atoms. The van der Waals surface area contributed by atoms with Crippen molar-refractivity contribution in [2.75, 3.05) is 17.6 Å². The molecule has 0 aliphatic carbocycles. The molecule has 1 aliphatic heterocycles. The monoisotopic (exact) mass is 376 g/mol. The summed E-state index contributed by atoms with van der Waals surface area (Å²) in [5, 5.41) is 12.0. The lowest BCUT2D eigenvalue weighted by Gasteiger charge is -2.24. The van der Waals surface area contributed by atoms with Gasteiger partial charge in [0, 0.05) is 30.0 Å². The van der Waals surface area contributed by atoms with Crippen LogP contribution in [-0.2, 0) is 23.0 Å². The smallest absolute Gasteiger partial charge is 0.257 e. The maximum atomic E-state index is 12.3. The third-order valence-corrected chi connectivity index (χ3v) is 6.78. The fourth-order valence-electron chi connectivity index (χ4n) is 2.51. The number of benzene rings is 1. The zero-order chi connectivity index (χ0) is 18.0. The fourth-order valence-corrected chi connectivity index (χ4v) is 4.67. The van der Waals surface area contributed by atoms with Gasteiger partial charge in [-0.1, -0.05) is 0 Å². The van der Waals surface area contributed by atoms with E-state index in [1.807, 2.05) is 6.07 Å². The molecule has 0 saturated carbocycles. The second-order valence-corrected chi connectivity index (χ2v) is 8.86. The summed E-state index contributed by atoms with van der Waals surface area (Å²) in [7, 11) is -3.23. The van der Waals surface area contributed by atoms with Crippen LogP contribution in [0.2, 0.25) is 0 Å². The van der Waals surface area contributed by atoms with E-state index in [2.05, 4.69) is 10.3 Å². The average molecular weight is 376 g/mol. The summed E-state index contributed by atoms with van der Waals surface area (Å²) in [5.74, 6) is -0.239. The highest BCUT2D eigenvalue weighted by Gasteiger charge is 2.28. The second kappa shape index (κ2) is 6.92. The van der Waals surface area contributed by atoms with Crippen molar-refractivity contribution in [3.63, 3.8) is 0 Å². The molecule has 2 aromatic rings. The third-order valence-electron chi connectivity index (χ3n) is 3.95. The maximum absolute atomic E-state index is 12.3. The van der Waals surface area contributed by atoms with Gasteiger partial charge >= 0.3 is 0 Å². The van der Waals surface area contributed by atoms with Gasteiger partial charge in [-0.2, -0.15) is 9.57 Å². The summed E-state index contributed by atoms with van der Waals surface area (Å²) in [6, 6.07) is 8.32. The normalized spacial score (nSPS) is 14.6. The molecule has 0 saturated heterocycles. The number of aromatic nitrogens is 1. The van der Waals surface area contributed by atoms with E-state index in [0.29, 0.717) is 35.8 Å². The molecule has 0 radical (unpaired) electrons. The minimum Gasteiger partial charge on any atom is -0.298 e. The lowest BCUT2D eigenvalue weighted by atomic mass is 10.1. The van der Waals surface area contributed by atoms with Crippen molar-refractivity contribution >= 4 is 32.4 Å². The molecule has 1 aromatic carbocycles. The Morgan fingerprint density at radius 3 is 2.76 bits per heavy atom. The van der Waals surface area contributed by atoms with Crippen LogP contribution in [0.25, 0.3) is 0 Å². The summed E-state index contributed by atoms with van der Waals surface area (Å²) in [6.45, 7) is 2.34. The van der Waals surface area contributed by atoms with Crippen LogP contribution in [0.5, 0.6) is 0 Å². The van der Waals surface area contributed by atoms with E-state index in [9.17, 15) is 13.2 Å². The highest BCUT2D eigenvalue weighted by Crippen LogP contribution is 2.29. The first kappa shape index (κ1) is 17.5. The average Bonchev–Trinajstić information content (AvgIpc) is 3.03. The van der Waals surface area contributed by atoms with Crippen molar-refractivity contribution in [1.29, 1.82) is 5.26 Å². The third kappa shape index (κ3) is 3.71. The van der Waals surface area contributed by atoms with E-state index >= 15 is 0 Å². The van der Waals surface area contributed by atoms with Crippen LogP contribution >= 0.6 is 11.3 Å². The second-order valence-electron chi connectivity index (χ2n) is 5.52. The van der Waals surface area contributed by atoms with Crippen LogP contribution in [0.1, 0.15) is 33.4 Å². The highest BCUT2D eigenvalue weighted by molar-refractivity contribution is 7.89. The van der Waals surface area contributed by atoms with E-state index in [-0.39, 0.29) is 11.7 Å². The van der Waals surface area contributed by atoms with Gasteiger partial charge in [-0.3, -0.25) is 10.1 Å². The zero-order valence-corrected chi connectivity index (χ0v) is 15.2. The van der Waals surface area contributed by atoms with Gasteiger partial charge in [-0.05, 0) is 31.2 Å². The number of rotatable bonds is 4. The molecule has 1 amide bonds. The molecule has 9 heteroatoms. The maximum Gasteiger partial charge on any atom is 0.257 e. The number of nitrogens with one attached hydrogen (secondary N) is 1. The van der Waals surface area contributed by atoms with Crippen LogP contribution < -0.4 is 5.32 Å². The summed E-state index contributed by atoms with van der Waals surface area (Å²) in [6.07, 6.45) is 0.539. The Balaban J connectivity index is 1.73. The molecule has 1 aliphatic rings. The van der Waals surface area contributed by atoms with Crippen LogP contribution in [0.4, 0.5) is 5.13 Å². The number of anilines is 1. The number of sulfonamides is 1. The number of amides is 1. The fraction of sp³-hybridized carbons (Fsp3) is 0.312. The van der Waals surface area contributed by atoms with E-state index < -0.39 is 10.0 Å². The summed E-state index contributed by atoms with van der Waals surface area (Å²) in [4.78, 5) is 17.5. The predicted octanol–water partition coefficient (Wildman–Crippen LogP) is 1.97. The van der Waals surface area contributed by atoms with E-state index in [1.54, 1.807) is 31.2 Å². The van der Waals surface area contributed by atoms with Crippen molar-refractivity contribution in [3.8, 4) is 6.07 Å². The Kier molecular flexibility index (Phi) is 4.85. The first-order valence-electron chi connectivity index (χ1n) is 7.71. The summed E-state index contributed by atoms with van der Waals surface area (Å²) >= 11 is 1.29. The number of nitrogens with zero attached hydrogens (tertiary/aromatic N) is 3. The first-order valence-corrected chi connectivity index (χ1v) is 10.1. The summed E-state index contributed by atoms with van der Waals surface area (Å²) < 4.78 is 25.5. The molecule has 0 fully saturated rings. The molecule has 1 N–H and O–H groups in total. The largest absolute Gasteiger partial charge is 0.298 e. The molecule has 2 heterocycles. The number of carbonyl (C=O) groups is 1. The number of hydrogen-bond acceptors (Lipinski definition) is 6. The number of thiazole rings is 1. The SMILES string of the molecule is CCS(=O)(=O)N1CCc2nc(NC(=O)c3ccc(C#N)cc3)sc2C1. The Hall–Kier alpha value is -2.28. The van der Waals surface area contributed by atoms with Gasteiger partial charge < -0.3 is 0 Å². The molecule has 130 valence electrons. The van der Waals surface area contributed by atoms with Crippen LogP contribution in [0.15, 0.2) is 24.3 Å².